The molecule has 0 aliphatic heterocycles. The van der Waals surface area contributed by atoms with Crippen molar-refractivity contribution in [1.29, 1.82) is 0 Å². The van der Waals surface area contributed by atoms with E-state index in [9.17, 15) is 0 Å². The summed E-state index contributed by atoms with van der Waals surface area (Å²) in [5.74, 6) is 0. The number of hydrogen-bond acceptors (Lipinski definition) is 1. The van der Waals surface area contributed by atoms with Crippen LogP contribution in [0.3, 0.4) is 0 Å². The molecule has 0 unspecified atom stereocenters. The second-order valence-electron chi connectivity index (χ2n) is 3.56. The molecule has 1 aromatic carbocycles. The standard InChI is InChI=1S/C14H14O/c1-3-11(2)4-5-12-6-7-14-13(10-12)8-9-15-14/h4-10H,2-3H2,1H3/b5-4+. The quantitative estimate of drug-likeness (QED) is 0.666. The summed E-state index contributed by atoms with van der Waals surface area (Å²) >= 11 is 0. The van der Waals surface area contributed by atoms with Crippen LogP contribution in [0.15, 0.2) is 53.2 Å². The van der Waals surface area contributed by atoms with E-state index in [0.717, 1.165) is 23.0 Å². The number of hydrogen-bond donors (Lipinski definition) is 0. The first-order valence-corrected chi connectivity index (χ1v) is 5.12. The topological polar surface area (TPSA) is 13.1 Å². The predicted octanol–water partition coefficient (Wildman–Crippen LogP) is 4.41. The Kier molecular flexibility index (Phi) is 2.72. The van der Waals surface area contributed by atoms with Gasteiger partial charge in [0.05, 0.1) is 6.26 Å². The van der Waals surface area contributed by atoms with Gasteiger partial charge >= 0.3 is 0 Å². The number of benzene rings is 1. The molecule has 0 saturated heterocycles. The molecule has 0 amide bonds. The average molecular weight is 198 g/mol. The van der Waals surface area contributed by atoms with Gasteiger partial charge in [-0.25, -0.2) is 0 Å². The first-order valence-electron chi connectivity index (χ1n) is 5.12. The van der Waals surface area contributed by atoms with E-state index in [2.05, 4.69) is 31.7 Å². The largest absolute Gasteiger partial charge is 0.464 e. The van der Waals surface area contributed by atoms with Crippen LogP contribution in [0.4, 0.5) is 0 Å². The van der Waals surface area contributed by atoms with Crippen LogP contribution >= 0.6 is 0 Å². The van der Waals surface area contributed by atoms with Crippen LogP contribution in [-0.4, -0.2) is 0 Å². The fourth-order valence-corrected chi connectivity index (χ4v) is 1.42. The molecule has 0 bridgehead atoms. The van der Waals surface area contributed by atoms with Gasteiger partial charge in [-0.15, -0.1) is 0 Å². The van der Waals surface area contributed by atoms with Crippen LogP contribution < -0.4 is 0 Å². The van der Waals surface area contributed by atoms with Crippen molar-refractivity contribution in [2.75, 3.05) is 0 Å². The SMILES string of the molecule is C=C(/C=C/c1ccc2occc2c1)CC. The lowest BCUT2D eigenvalue weighted by atomic mass is 10.1. The molecule has 15 heavy (non-hydrogen) atoms. The summed E-state index contributed by atoms with van der Waals surface area (Å²) in [5.41, 5.74) is 3.25. The average Bonchev–Trinajstić information content (AvgIpc) is 2.72. The first-order chi connectivity index (χ1) is 7.29. The van der Waals surface area contributed by atoms with E-state index in [1.54, 1.807) is 6.26 Å². The molecule has 0 N–H and O–H groups in total. The van der Waals surface area contributed by atoms with Gasteiger partial charge in [0.2, 0.25) is 0 Å². The van der Waals surface area contributed by atoms with Gasteiger partial charge in [-0.3, -0.25) is 0 Å². The van der Waals surface area contributed by atoms with E-state index in [-0.39, 0.29) is 0 Å². The maximum Gasteiger partial charge on any atom is 0.133 e. The fraction of sp³-hybridized carbons (Fsp3) is 0.143. The summed E-state index contributed by atoms with van der Waals surface area (Å²) < 4.78 is 5.28. The van der Waals surface area contributed by atoms with Crippen LogP contribution in [0, 0.1) is 0 Å². The van der Waals surface area contributed by atoms with E-state index in [0.29, 0.717) is 0 Å². The van der Waals surface area contributed by atoms with Gasteiger partial charge in [0.25, 0.3) is 0 Å². The van der Waals surface area contributed by atoms with Crippen LogP contribution in [0.1, 0.15) is 18.9 Å². The van der Waals surface area contributed by atoms with E-state index in [4.69, 9.17) is 4.42 Å². The van der Waals surface area contributed by atoms with Gasteiger partial charge in [-0.1, -0.05) is 37.3 Å². The molecule has 76 valence electrons. The minimum Gasteiger partial charge on any atom is -0.464 e. The normalized spacial score (nSPS) is 11.3. The Balaban J connectivity index is 2.28. The van der Waals surface area contributed by atoms with Crippen molar-refractivity contribution < 1.29 is 4.42 Å². The monoisotopic (exact) mass is 198 g/mol. The van der Waals surface area contributed by atoms with Crippen molar-refractivity contribution in [2.24, 2.45) is 0 Å². The molecule has 0 aliphatic carbocycles. The molecular weight excluding hydrogens is 184 g/mol. The second kappa shape index (κ2) is 4.18. The van der Waals surface area contributed by atoms with Gasteiger partial charge in [0, 0.05) is 5.39 Å². The maximum absolute atomic E-state index is 5.28. The first kappa shape index (κ1) is 9.78. The molecule has 0 radical (unpaired) electrons. The van der Waals surface area contributed by atoms with Crippen molar-refractivity contribution in [2.45, 2.75) is 13.3 Å². The molecular formula is C14H14O. The minimum atomic E-state index is 0.932. The van der Waals surface area contributed by atoms with E-state index < -0.39 is 0 Å². The number of furan rings is 1. The second-order valence-corrected chi connectivity index (χ2v) is 3.56. The van der Waals surface area contributed by atoms with Gasteiger partial charge in [0.15, 0.2) is 0 Å². The zero-order chi connectivity index (χ0) is 10.7. The highest BCUT2D eigenvalue weighted by Gasteiger charge is 1.95. The van der Waals surface area contributed by atoms with Gasteiger partial charge in [-0.05, 0) is 30.2 Å². The Morgan fingerprint density at radius 3 is 3.07 bits per heavy atom. The molecule has 1 heterocycles. The lowest BCUT2D eigenvalue weighted by Crippen LogP contribution is -1.73. The van der Waals surface area contributed by atoms with Crippen molar-refractivity contribution in [3.05, 3.63) is 54.3 Å². The lowest BCUT2D eigenvalue weighted by molar-refractivity contribution is 0.616. The summed E-state index contributed by atoms with van der Waals surface area (Å²) in [4.78, 5) is 0. The van der Waals surface area contributed by atoms with Crippen molar-refractivity contribution in [1.82, 2.24) is 0 Å². The molecule has 0 spiro atoms. The number of fused-ring (bicyclic) bond motifs is 1. The summed E-state index contributed by atoms with van der Waals surface area (Å²) in [6.45, 7) is 6.04. The molecule has 2 aromatic rings. The fourth-order valence-electron chi connectivity index (χ4n) is 1.42. The minimum absolute atomic E-state index is 0.932. The Morgan fingerprint density at radius 1 is 1.40 bits per heavy atom. The summed E-state index contributed by atoms with van der Waals surface area (Å²) in [7, 11) is 0. The van der Waals surface area contributed by atoms with Crippen LogP contribution in [0.25, 0.3) is 17.0 Å². The third kappa shape index (κ3) is 2.18. The highest BCUT2D eigenvalue weighted by atomic mass is 16.3. The van der Waals surface area contributed by atoms with E-state index >= 15 is 0 Å². The molecule has 0 saturated carbocycles. The summed E-state index contributed by atoms with van der Waals surface area (Å²) in [5, 5.41) is 1.14. The third-order valence-electron chi connectivity index (χ3n) is 2.44. The summed E-state index contributed by atoms with van der Waals surface area (Å²) in [6, 6.07) is 8.12. The van der Waals surface area contributed by atoms with Crippen molar-refractivity contribution in [3.63, 3.8) is 0 Å². The Bertz CT molecular complexity index is 503. The number of rotatable bonds is 3. The van der Waals surface area contributed by atoms with Crippen LogP contribution in [0.2, 0.25) is 0 Å². The van der Waals surface area contributed by atoms with Crippen LogP contribution in [-0.2, 0) is 0 Å². The molecule has 2 rings (SSSR count). The molecule has 1 aromatic heterocycles. The molecule has 1 heteroatoms. The number of allylic oxidation sites excluding steroid dienone is 2. The lowest BCUT2D eigenvalue weighted by Gasteiger charge is -1.95. The zero-order valence-corrected chi connectivity index (χ0v) is 8.86. The van der Waals surface area contributed by atoms with E-state index in [1.807, 2.05) is 18.2 Å². The Hall–Kier alpha value is -1.76. The zero-order valence-electron chi connectivity index (χ0n) is 8.86. The van der Waals surface area contributed by atoms with Gasteiger partial charge < -0.3 is 4.42 Å². The highest BCUT2D eigenvalue weighted by molar-refractivity contribution is 5.80. The van der Waals surface area contributed by atoms with Gasteiger partial charge in [0.1, 0.15) is 5.58 Å². The van der Waals surface area contributed by atoms with Crippen molar-refractivity contribution >= 4 is 17.0 Å². The maximum atomic E-state index is 5.28. The predicted molar refractivity (Wildman–Crippen MR) is 64.7 cm³/mol. The Morgan fingerprint density at radius 2 is 2.27 bits per heavy atom. The van der Waals surface area contributed by atoms with Crippen LogP contribution in [0.5, 0.6) is 0 Å². The Labute approximate surface area is 89.7 Å². The third-order valence-corrected chi connectivity index (χ3v) is 2.44. The molecule has 0 atom stereocenters. The summed E-state index contributed by atoms with van der Waals surface area (Å²) in [6.07, 6.45) is 6.84. The van der Waals surface area contributed by atoms with Gasteiger partial charge in [-0.2, -0.15) is 0 Å². The molecule has 0 fully saturated rings. The smallest absolute Gasteiger partial charge is 0.133 e. The highest BCUT2D eigenvalue weighted by Crippen LogP contribution is 2.18. The van der Waals surface area contributed by atoms with E-state index in [1.165, 1.54) is 5.56 Å². The van der Waals surface area contributed by atoms with Crippen molar-refractivity contribution in [3.8, 4) is 0 Å². The molecule has 0 aliphatic rings. The molecule has 1 nitrogen and oxygen atoms in total.